The first-order valence-corrected chi connectivity index (χ1v) is 11.3. The Morgan fingerprint density at radius 2 is 1.74 bits per heavy atom. The van der Waals surface area contributed by atoms with Crippen molar-refractivity contribution in [1.29, 1.82) is 0 Å². The van der Waals surface area contributed by atoms with E-state index in [1.54, 1.807) is 7.05 Å². The molecule has 0 spiro atoms. The Bertz CT molecular complexity index is 943. The molecule has 0 aliphatic carbocycles. The summed E-state index contributed by atoms with van der Waals surface area (Å²) >= 11 is 6.33. The van der Waals surface area contributed by atoms with Crippen molar-refractivity contribution in [3.05, 3.63) is 64.7 Å². The Morgan fingerprint density at radius 3 is 2.48 bits per heavy atom. The largest absolute Gasteiger partial charge is 0.367 e. The van der Waals surface area contributed by atoms with E-state index in [1.165, 1.54) is 0 Å². The van der Waals surface area contributed by atoms with E-state index in [9.17, 15) is 9.59 Å². The summed E-state index contributed by atoms with van der Waals surface area (Å²) in [5.41, 5.74) is 2.88. The molecule has 31 heavy (non-hydrogen) atoms. The van der Waals surface area contributed by atoms with Gasteiger partial charge in [-0.3, -0.25) is 4.79 Å². The molecule has 1 N–H and O–H groups in total. The third-order valence-electron chi connectivity index (χ3n) is 6.29. The fourth-order valence-corrected chi connectivity index (χ4v) is 4.81. The Kier molecular flexibility index (Phi) is 6.66. The number of likely N-dealkylation sites (tertiary alicyclic amines) is 1. The number of anilines is 1. The zero-order valence-corrected chi connectivity index (χ0v) is 18.6. The summed E-state index contributed by atoms with van der Waals surface area (Å²) in [4.78, 5) is 31.2. The molecule has 2 aliphatic rings. The molecule has 2 aliphatic heterocycles. The summed E-state index contributed by atoms with van der Waals surface area (Å²) in [5.74, 6) is 0.329. The SMILES string of the molecule is CNC(=O)N1CCC[C@H](c2cccc(C(=O)N3CCN(c4ccccc4Cl)CC3)c2)C1. The van der Waals surface area contributed by atoms with E-state index in [0.29, 0.717) is 19.6 Å². The number of rotatable bonds is 3. The number of para-hydroxylation sites is 1. The first-order valence-electron chi connectivity index (χ1n) is 10.9. The van der Waals surface area contributed by atoms with Crippen LogP contribution in [0.2, 0.25) is 5.02 Å². The third-order valence-corrected chi connectivity index (χ3v) is 6.61. The van der Waals surface area contributed by atoms with Gasteiger partial charge in [0, 0.05) is 57.8 Å². The second-order valence-electron chi connectivity index (χ2n) is 8.20. The van der Waals surface area contributed by atoms with Crippen molar-refractivity contribution in [2.45, 2.75) is 18.8 Å². The highest BCUT2D eigenvalue weighted by Crippen LogP contribution is 2.29. The van der Waals surface area contributed by atoms with Crippen LogP contribution < -0.4 is 10.2 Å². The Balaban J connectivity index is 1.41. The molecule has 4 rings (SSSR count). The molecule has 0 unspecified atom stereocenters. The maximum atomic E-state index is 13.2. The van der Waals surface area contributed by atoms with Crippen molar-refractivity contribution in [2.75, 3.05) is 51.2 Å². The fraction of sp³-hybridized carbons (Fsp3) is 0.417. The number of carbonyl (C=O) groups excluding carboxylic acids is 2. The first-order chi connectivity index (χ1) is 15.1. The molecule has 0 saturated carbocycles. The average Bonchev–Trinajstić information content (AvgIpc) is 2.83. The first kappa shape index (κ1) is 21.5. The van der Waals surface area contributed by atoms with Crippen LogP contribution in [0.5, 0.6) is 0 Å². The molecule has 164 valence electrons. The summed E-state index contributed by atoms with van der Waals surface area (Å²) in [6.45, 7) is 4.33. The predicted octanol–water partition coefficient (Wildman–Crippen LogP) is 3.82. The second kappa shape index (κ2) is 9.60. The van der Waals surface area contributed by atoms with Crippen LogP contribution in [0.1, 0.15) is 34.7 Å². The van der Waals surface area contributed by atoms with E-state index in [2.05, 4.69) is 16.3 Å². The quantitative estimate of drug-likeness (QED) is 0.789. The second-order valence-corrected chi connectivity index (χ2v) is 8.60. The van der Waals surface area contributed by atoms with E-state index in [1.807, 2.05) is 52.3 Å². The van der Waals surface area contributed by atoms with Crippen molar-refractivity contribution in [2.24, 2.45) is 0 Å². The van der Waals surface area contributed by atoms with Crippen LogP contribution in [0.4, 0.5) is 10.5 Å². The fourth-order valence-electron chi connectivity index (χ4n) is 4.56. The number of hydrogen-bond donors (Lipinski definition) is 1. The van der Waals surface area contributed by atoms with Gasteiger partial charge >= 0.3 is 6.03 Å². The van der Waals surface area contributed by atoms with Crippen molar-refractivity contribution in [1.82, 2.24) is 15.1 Å². The minimum Gasteiger partial charge on any atom is -0.367 e. The number of urea groups is 1. The highest BCUT2D eigenvalue weighted by Gasteiger charge is 2.26. The normalized spacial score (nSPS) is 19.3. The predicted molar refractivity (Wildman–Crippen MR) is 124 cm³/mol. The van der Waals surface area contributed by atoms with Gasteiger partial charge in [0.05, 0.1) is 10.7 Å². The van der Waals surface area contributed by atoms with Crippen LogP contribution in [0.15, 0.2) is 48.5 Å². The molecule has 2 saturated heterocycles. The lowest BCUT2D eigenvalue weighted by Crippen LogP contribution is -2.49. The van der Waals surface area contributed by atoms with E-state index >= 15 is 0 Å². The third kappa shape index (κ3) is 4.79. The Morgan fingerprint density at radius 1 is 0.968 bits per heavy atom. The van der Waals surface area contributed by atoms with Crippen molar-refractivity contribution in [3.63, 3.8) is 0 Å². The lowest BCUT2D eigenvalue weighted by molar-refractivity contribution is 0.0746. The maximum Gasteiger partial charge on any atom is 0.317 e. The van der Waals surface area contributed by atoms with Crippen LogP contribution in [-0.2, 0) is 0 Å². The van der Waals surface area contributed by atoms with Crippen LogP contribution in [-0.4, -0.2) is 68.1 Å². The summed E-state index contributed by atoms with van der Waals surface area (Å²) in [6, 6.07) is 15.7. The molecule has 6 nitrogen and oxygen atoms in total. The number of nitrogens with one attached hydrogen (secondary N) is 1. The van der Waals surface area contributed by atoms with E-state index < -0.39 is 0 Å². The summed E-state index contributed by atoms with van der Waals surface area (Å²) in [6.07, 6.45) is 2.00. The minimum atomic E-state index is -0.0340. The molecule has 7 heteroatoms. The topological polar surface area (TPSA) is 55.9 Å². The average molecular weight is 441 g/mol. The number of nitrogens with zero attached hydrogens (tertiary/aromatic N) is 3. The summed E-state index contributed by atoms with van der Waals surface area (Å²) in [7, 11) is 1.66. The van der Waals surface area contributed by atoms with Crippen LogP contribution in [0, 0.1) is 0 Å². The lowest BCUT2D eigenvalue weighted by atomic mass is 9.89. The maximum absolute atomic E-state index is 13.2. The van der Waals surface area contributed by atoms with Gasteiger partial charge in [0.25, 0.3) is 5.91 Å². The van der Waals surface area contributed by atoms with Gasteiger partial charge < -0.3 is 20.0 Å². The molecule has 0 aromatic heterocycles. The van der Waals surface area contributed by atoms with Crippen LogP contribution in [0.3, 0.4) is 0 Å². The van der Waals surface area contributed by atoms with Crippen LogP contribution in [0.25, 0.3) is 0 Å². The zero-order chi connectivity index (χ0) is 21.8. The Hall–Kier alpha value is -2.73. The number of carbonyl (C=O) groups is 2. The number of amides is 3. The van der Waals surface area contributed by atoms with Crippen molar-refractivity contribution in [3.8, 4) is 0 Å². The minimum absolute atomic E-state index is 0.0340. The molecule has 2 aromatic rings. The number of benzene rings is 2. The van der Waals surface area contributed by atoms with Gasteiger partial charge in [0.2, 0.25) is 0 Å². The van der Waals surface area contributed by atoms with E-state index in [-0.39, 0.29) is 17.9 Å². The molecule has 2 heterocycles. The summed E-state index contributed by atoms with van der Waals surface area (Å²) < 4.78 is 0. The van der Waals surface area contributed by atoms with E-state index in [4.69, 9.17) is 11.6 Å². The van der Waals surface area contributed by atoms with Gasteiger partial charge in [-0.1, -0.05) is 35.9 Å². The van der Waals surface area contributed by atoms with Gasteiger partial charge in [-0.05, 0) is 42.7 Å². The highest BCUT2D eigenvalue weighted by molar-refractivity contribution is 6.33. The van der Waals surface area contributed by atoms with Crippen LogP contribution >= 0.6 is 11.6 Å². The number of piperidine rings is 1. The highest BCUT2D eigenvalue weighted by atomic mass is 35.5. The molecule has 2 fully saturated rings. The molecule has 1 atom stereocenters. The molecule has 0 radical (unpaired) electrons. The standard InChI is InChI=1S/C24H29ClN4O2/c1-26-24(31)29-11-5-8-20(17-29)18-6-4-7-19(16-18)23(30)28-14-12-27(13-15-28)22-10-3-2-9-21(22)25/h2-4,6-7,9-10,16,20H,5,8,11-15,17H2,1H3,(H,26,31)/t20-/m0/s1. The van der Waals surface area contributed by atoms with Gasteiger partial charge in [0.1, 0.15) is 0 Å². The number of halogens is 1. The lowest BCUT2D eigenvalue weighted by Gasteiger charge is -2.36. The zero-order valence-electron chi connectivity index (χ0n) is 17.9. The smallest absolute Gasteiger partial charge is 0.317 e. The molecule has 3 amide bonds. The number of hydrogen-bond acceptors (Lipinski definition) is 3. The van der Waals surface area contributed by atoms with Gasteiger partial charge in [-0.2, -0.15) is 0 Å². The molecule has 2 aromatic carbocycles. The van der Waals surface area contributed by atoms with Gasteiger partial charge in [-0.25, -0.2) is 4.79 Å². The van der Waals surface area contributed by atoms with Crippen molar-refractivity contribution >= 4 is 29.2 Å². The molecular weight excluding hydrogens is 412 g/mol. The van der Waals surface area contributed by atoms with Crippen molar-refractivity contribution < 1.29 is 9.59 Å². The van der Waals surface area contributed by atoms with E-state index in [0.717, 1.165) is 54.3 Å². The Labute approximate surface area is 188 Å². The van der Waals surface area contributed by atoms with Gasteiger partial charge in [0.15, 0.2) is 0 Å². The monoisotopic (exact) mass is 440 g/mol. The van der Waals surface area contributed by atoms with Gasteiger partial charge in [-0.15, -0.1) is 0 Å². The summed E-state index contributed by atoms with van der Waals surface area (Å²) in [5, 5.41) is 3.46. The molecular formula is C24H29ClN4O2. The molecule has 0 bridgehead atoms. The number of piperazine rings is 1.